The van der Waals surface area contributed by atoms with Crippen LogP contribution in [0.5, 0.6) is 5.75 Å². The third-order valence-electron chi connectivity index (χ3n) is 4.30. The number of nitrogens with one attached hydrogen (secondary N) is 1. The van der Waals surface area contributed by atoms with Crippen LogP contribution >= 0.6 is 0 Å². The molecule has 23 heavy (non-hydrogen) atoms. The van der Waals surface area contributed by atoms with Gasteiger partial charge >= 0.3 is 0 Å². The lowest BCUT2D eigenvalue weighted by Gasteiger charge is -2.12. The number of benzene rings is 1. The summed E-state index contributed by atoms with van der Waals surface area (Å²) in [7, 11) is 3.18. The maximum absolute atomic E-state index is 12.4. The van der Waals surface area contributed by atoms with E-state index >= 15 is 0 Å². The van der Waals surface area contributed by atoms with Crippen molar-refractivity contribution in [3.63, 3.8) is 0 Å². The Morgan fingerprint density at radius 1 is 1.13 bits per heavy atom. The van der Waals surface area contributed by atoms with Gasteiger partial charge in [-0.25, -0.2) is 0 Å². The first kappa shape index (κ1) is 15.3. The highest BCUT2D eigenvalue weighted by Gasteiger charge is 2.19. The van der Waals surface area contributed by atoms with E-state index in [0.717, 1.165) is 41.7 Å². The maximum Gasteiger partial charge on any atom is 0.254 e. The molecular weight excluding hydrogens is 290 g/mol. The topological polar surface area (TPSA) is 55.4 Å². The van der Waals surface area contributed by atoms with Gasteiger partial charge in [-0.1, -0.05) is 18.2 Å². The first-order valence-electron chi connectivity index (χ1n) is 7.71. The molecule has 1 amide bonds. The van der Waals surface area contributed by atoms with Crippen molar-refractivity contribution in [1.82, 2.24) is 5.32 Å². The minimum absolute atomic E-state index is 0.164. The van der Waals surface area contributed by atoms with E-state index in [0.29, 0.717) is 0 Å². The number of ether oxygens (including phenoxy) is 1. The Bertz CT molecular complexity index is 827. The van der Waals surface area contributed by atoms with Gasteiger partial charge in [0.2, 0.25) is 0 Å². The van der Waals surface area contributed by atoms with E-state index in [1.807, 2.05) is 18.2 Å². The Labute approximate surface area is 135 Å². The molecule has 1 aliphatic carbocycles. The minimum Gasteiger partial charge on any atom is -0.496 e. The third-order valence-corrected chi connectivity index (χ3v) is 4.30. The van der Waals surface area contributed by atoms with E-state index < -0.39 is 0 Å². The first-order chi connectivity index (χ1) is 11.2. The van der Waals surface area contributed by atoms with Crippen molar-refractivity contribution in [2.75, 3.05) is 14.2 Å². The highest BCUT2D eigenvalue weighted by Crippen LogP contribution is 2.38. The molecule has 2 aromatic rings. The standard InChI is InChI=1S/C19H19NO3/c1-20-19(22)15-10-9-14-13(11-16(15)21)7-3-5-12-6-4-8-17(23-2)18(12)14/h4,6,8-11H,3,5,7H2,1-2H3,(H,20,22). The predicted octanol–water partition coefficient (Wildman–Crippen LogP) is 2.57. The van der Waals surface area contributed by atoms with Gasteiger partial charge in [0.25, 0.3) is 5.91 Å². The number of hydrogen-bond donors (Lipinski definition) is 1. The van der Waals surface area contributed by atoms with Crippen LogP contribution in [0.2, 0.25) is 0 Å². The summed E-state index contributed by atoms with van der Waals surface area (Å²) < 4.78 is 5.53. The number of amides is 1. The lowest BCUT2D eigenvalue weighted by molar-refractivity contribution is 0.0962. The summed E-state index contributed by atoms with van der Waals surface area (Å²) in [5.74, 6) is 0.436. The molecule has 1 N–H and O–H groups in total. The van der Waals surface area contributed by atoms with Crippen LogP contribution < -0.4 is 15.5 Å². The van der Waals surface area contributed by atoms with E-state index in [4.69, 9.17) is 4.74 Å². The molecule has 0 atom stereocenters. The summed E-state index contributed by atoms with van der Waals surface area (Å²) in [4.78, 5) is 24.3. The van der Waals surface area contributed by atoms with E-state index in [-0.39, 0.29) is 16.9 Å². The molecule has 0 unspecified atom stereocenters. The lowest BCUT2D eigenvalue weighted by Crippen LogP contribution is -2.23. The van der Waals surface area contributed by atoms with Crippen molar-refractivity contribution in [3.05, 3.63) is 63.3 Å². The Balaban J connectivity index is 2.31. The van der Waals surface area contributed by atoms with Crippen LogP contribution in [-0.4, -0.2) is 20.1 Å². The number of fused-ring (bicyclic) bond motifs is 3. The quantitative estimate of drug-likeness (QED) is 0.927. The fourth-order valence-electron chi connectivity index (χ4n) is 3.17. The third kappa shape index (κ3) is 2.72. The van der Waals surface area contributed by atoms with Crippen LogP contribution in [0.15, 0.2) is 41.2 Å². The smallest absolute Gasteiger partial charge is 0.254 e. The van der Waals surface area contributed by atoms with Gasteiger partial charge < -0.3 is 10.1 Å². The van der Waals surface area contributed by atoms with Gasteiger partial charge in [-0.05, 0) is 54.2 Å². The molecule has 0 radical (unpaired) electrons. The number of aryl methyl sites for hydroxylation is 2. The zero-order valence-corrected chi connectivity index (χ0v) is 13.3. The molecule has 118 valence electrons. The molecule has 4 nitrogen and oxygen atoms in total. The van der Waals surface area contributed by atoms with Crippen molar-refractivity contribution >= 4 is 5.91 Å². The summed E-state index contributed by atoms with van der Waals surface area (Å²) in [5, 5.41) is 2.52. The SMILES string of the molecule is CNC(=O)c1ccc2c(cc1=O)CCCc1cccc(OC)c1-2. The normalized spacial score (nSPS) is 12.6. The maximum atomic E-state index is 12.4. The van der Waals surface area contributed by atoms with Gasteiger partial charge in [-0.2, -0.15) is 0 Å². The molecule has 0 spiro atoms. The van der Waals surface area contributed by atoms with Crippen molar-refractivity contribution in [1.29, 1.82) is 0 Å². The summed E-state index contributed by atoms with van der Waals surface area (Å²) >= 11 is 0. The average Bonchev–Trinajstić information content (AvgIpc) is 2.83. The van der Waals surface area contributed by atoms with Crippen molar-refractivity contribution < 1.29 is 9.53 Å². The van der Waals surface area contributed by atoms with Crippen LogP contribution in [0.4, 0.5) is 0 Å². The molecule has 0 bridgehead atoms. The molecule has 2 aromatic carbocycles. The van der Waals surface area contributed by atoms with Crippen molar-refractivity contribution in [2.45, 2.75) is 19.3 Å². The number of hydrogen-bond acceptors (Lipinski definition) is 3. The fraction of sp³-hybridized carbons (Fsp3) is 0.263. The first-order valence-corrected chi connectivity index (χ1v) is 7.71. The largest absolute Gasteiger partial charge is 0.496 e. The second-order valence-electron chi connectivity index (χ2n) is 5.62. The molecule has 0 aromatic heterocycles. The van der Waals surface area contributed by atoms with Crippen LogP contribution in [0.1, 0.15) is 27.9 Å². The predicted molar refractivity (Wildman–Crippen MR) is 90.1 cm³/mol. The Morgan fingerprint density at radius 3 is 2.65 bits per heavy atom. The summed E-state index contributed by atoms with van der Waals surface area (Å²) in [6.07, 6.45) is 2.72. The van der Waals surface area contributed by atoms with E-state index in [2.05, 4.69) is 11.4 Å². The molecule has 0 saturated carbocycles. The van der Waals surface area contributed by atoms with Crippen LogP contribution in [0, 0.1) is 0 Å². The van der Waals surface area contributed by atoms with Crippen molar-refractivity contribution in [3.8, 4) is 16.9 Å². The van der Waals surface area contributed by atoms with Gasteiger partial charge in [0, 0.05) is 12.6 Å². The number of rotatable bonds is 2. The monoisotopic (exact) mass is 309 g/mol. The zero-order chi connectivity index (χ0) is 16.4. The molecule has 0 fully saturated rings. The van der Waals surface area contributed by atoms with Gasteiger partial charge in [0.05, 0.1) is 12.7 Å². The van der Waals surface area contributed by atoms with E-state index in [1.54, 1.807) is 19.2 Å². The average molecular weight is 309 g/mol. The van der Waals surface area contributed by atoms with Gasteiger partial charge in [0.15, 0.2) is 5.43 Å². The summed E-state index contributed by atoms with van der Waals surface area (Å²) in [6, 6.07) is 11.1. The van der Waals surface area contributed by atoms with E-state index in [1.165, 1.54) is 12.6 Å². The van der Waals surface area contributed by atoms with Crippen LogP contribution in [0.3, 0.4) is 0 Å². The van der Waals surface area contributed by atoms with Crippen LogP contribution in [-0.2, 0) is 12.8 Å². The molecule has 0 heterocycles. The highest BCUT2D eigenvalue weighted by atomic mass is 16.5. The molecule has 3 rings (SSSR count). The summed E-state index contributed by atoms with van der Waals surface area (Å²) in [5.41, 5.74) is 4.10. The van der Waals surface area contributed by atoms with Gasteiger partial charge in [0.1, 0.15) is 5.75 Å². The second kappa shape index (κ2) is 6.24. The lowest BCUT2D eigenvalue weighted by atomic mass is 9.97. The van der Waals surface area contributed by atoms with Gasteiger partial charge in [-0.15, -0.1) is 0 Å². The van der Waals surface area contributed by atoms with Crippen molar-refractivity contribution in [2.24, 2.45) is 0 Å². The highest BCUT2D eigenvalue weighted by molar-refractivity contribution is 5.94. The molecule has 0 aliphatic heterocycles. The summed E-state index contributed by atoms with van der Waals surface area (Å²) in [6.45, 7) is 0. The number of carbonyl (C=O) groups excluding carboxylic acids is 1. The number of carbonyl (C=O) groups is 1. The second-order valence-corrected chi connectivity index (χ2v) is 5.62. The molecule has 0 saturated heterocycles. The van der Waals surface area contributed by atoms with Crippen LogP contribution in [0.25, 0.3) is 11.1 Å². The van der Waals surface area contributed by atoms with Gasteiger partial charge in [-0.3, -0.25) is 9.59 Å². The zero-order valence-electron chi connectivity index (χ0n) is 13.3. The number of methoxy groups -OCH3 is 1. The Hall–Kier alpha value is -2.62. The fourth-order valence-corrected chi connectivity index (χ4v) is 3.17. The van der Waals surface area contributed by atoms with E-state index in [9.17, 15) is 9.59 Å². The minimum atomic E-state index is -0.361. The Morgan fingerprint density at radius 2 is 1.91 bits per heavy atom. The molecule has 1 aliphatic rings. The molecule has 4 heteroatoms. The Kier molecular flexibility index (Phi) is 4.15. The molecular formula is C19H19NO3.